The highest BCUT2D eigenvalue weighted by atomic mass is 16.6. The number of anilines is 1. The van der Waals surface area contributed by atoms with E-state index in [1.807, 2.05) is 6.92 Å². The van der Waals surface area contributed by atoms with Crippen LogP contribution in [0.3, 0.4) is 0 Å². The Hall–Kier alpha value is -1.56. The predicted molar refractivity (Wildman–Crippen MR) is 110 cm³/mol. The third kappa shape index (κ3) is 4.31. The molecule has 2 atom stereocenters. The van der Waals surface area contributed by atoms with Crippen LogP contribution in [0.25, 0.3) is 0 Å². The Morgan fingerprint density at radius 1 is 1.22 bits per heavy atom. The molecule has 0 amide bonds. The molecule has 27 heavy (non-hydrogen) atoms. The van der Waals surface area contributed by atoms with Crippen molar-refractivity contribution >= 4 is 11.9 Å². The van der Waals surface area contributed by atoms with Gasteiger partial charge in [-0.1, -0.05) is 33.6 Å². The number of carbonyl (C=O) groups is 1. The lowest BCUT2D eigenvalue weighted by atomic mass is 9.98. The SMILES string of the molecule is CCCC(CC)Nc1c2c(nn1C(=O)OCC)C(C)(C)N(C(C)CCC)C2. The number of nitrogens with one attached hydrogen (secondary N) is 1. The summed E-state index contributed by atoms with van der Waals surface area (Å²) in [5.74, 6) is 0.822. The van der Waals surface area contributed by atoms with E-state index in [1.165, 1.54) is 4.68 Å². The van der Waals surface area contributed by atoms with Crippen LogP contribution in [-0.4, -0.2) is 39.5 Å². The van der Waals surface area contributed by atoms with Crippen molar-refractivity contribution < 1.29 is 9.53 Å². The summed E-state index contributed by atoms with van der Waals surface area (Å²) >= 11 is 0. The molecule has 0 aliphatic carbocycles. The van der Waals surface area contributed by atoms with Gasteiger partial charge in [-0.05, 0) is 47.0 Å². The second kappa shape index (κ2) is 9.09. The van der Waals surface area contributed by atoms with Crippen LogP contribution in [0.2, 0.25) is 0 Å². The van der Waals surface area contributed by atoms with Gasteiger partial charge in [0, 0.05) is 24.2 Å². The highest BCUT2D eigenvalue weighted by Crippen LogP contribution is 2.43. The lowest BCUT2D eigenvalue weighted by Crippen LogP contribution is -2.42. The van der Waals surface area contributed by atoms with E-state index in [0.717, 1.165) is 55.7 Å². The van der Waals surface area contributed by atoms with Gasteiger partial charge in [-0.15, -0.1) is 4.68 Å². The first kappa shape index (κ1) is 21.7. The Morgan fingerprint density at radius 3 is 2.44 bits per heavy atom. The van der Waals surface area contributed by atoms with Crippen molar-refractivity contribution in [2.75, 3.05) is 11.9 Å². The maximum absolute atomic E-state index is 12.6. The van der Waals surface area contributed by atoms with Crippen LogP contribution < -0.4 is 5.32 Å². The summed E-state index contributed by atoms with van der Waals surface area (Å²) in [4.78, 5) is 15.1. The van der Waals surface area contributed by atoms with Gasteiger partial charge >= 0.3 is 6.09 Å². The van der Waals surface area contributed by atoms with Crippen LogP contribution in [0.5, 0.6) is 0 Å². The largest absolute Gasteiger partial charge is 0.448 e. The molecule has 6 nitrogen and oxygen atoms in total. The van der Waals surface area contributed by atoms with Gasteiger partial charge < -0.3 is 10.1 Å². The molecular weight excluding hydrogens is 340 g/mol. The number of hydrogen-bond donors (Lipinski definition) is 1. The van der Waals surface area contributed by atoms with Crippen molar-refractivity contribution in [2.45, 2.75) is 105 Å². The highest BCUT2D eigenvalue weighted by Gasteiger charge is 2.45. The molecule has 154 valence electrons. The van der Waals surface area contributed by atoms with E-state index in [1.54, 1.807) is 0 Å². The molecule has 1 aromatic heterocycles. The zero-order valence-electron chi connectivity index (χ0n) is 18.3. The summed E-state index contributed by atoms with van der Waals surface area (Å²) < 4.78 is 6.72. The van der Waals surface area contributed by atoms with E-state index in [-0.39, 0.29) is 5.54 Å². The van der Waals surface area contributed by atoms with Gasteiger partial charge in [0.25, 0.3) is 0 Å². The zero-order chi connectivity index (χ0) is 20.2. The number of hydrogen-bond acceptors (Lipinski definition) is 5. The number of nitrogens with zero attached hydrogens (tertiary/aromatic N) is 3. The van der Waals surface area contributed by atoms with E-state index in [9.17, 15) is 4.79 Å². The maximum Gasteiger partial charge on any atom is 0.436 e. The van der Waals surface area contributed by atoms with E-state index in [4.69, 9.17) is 9.84 Å². The molecule has 1 aliphatic heterocycles. The van der Waals surface area contributed by atoms with Gasteiger partial charge in [0.15, 0.2) is 0 Å². The predicted octanol–water partition coefficient (Wildman–Crippen LogP) is 5.12. The first-order valence-corrected chi connectivity index (χ1v) is 10.6. The Labute approximate surface area is 164 Å². The number of fused-ring (bicyclic) bond motifs is 1. The Bertz CT molecular complexity index is 638. The summed E-state index contributed by atoms with van der Waals surface area (Å²) in [6.07, 6.45) is 5.10. The monoisotopic (exact) mass is 378 g/mol. The minimum Gasteiger partial charge on any atom is -0.448 e. The number of ether oxygens (including phenoxy) is 1. The lowest BCUT2D eigenvalue weighted by Gasteiger charge is -2.36. The van der Waals surface area contributed by atoms with Crippen molar-refractivity contribution in [2.24, 2.45) is 0 Å². The van der Waals surface area contributed by atoms with E-state index in [2.05, 4.69) is 51.8 Å². The third-order valence-electron chi connectivity index (χ3n) is 5.76. The average Bonchev–Trinajstić information content (AvgIpc) is 3.10. The summed E-state index contributed by atoms with van der Waals surface area (Å²) in [7, 11) is 0. The molecule has 0 spiro atoms. The number of aromatic nitrogens is 2. The minimum absolute atomic E-state index is 0.204. The van der Waals surface area contributed by atoms with Crippen molar-refractivity contribution in [3.63, 3.8) is 0 Å². The number of rotatable bonds is 9. The average molecular weight is 379 g/mol. The Morgan fingerprint density at radius 2 is 1.89 bits per heavy atom. The Kier molecular flexibility index (Phi) is 7.32. The molecule has 1 aromatic rings. The van der Waals surface area contributed by atoms with Crippen molar-refractivity contribution in [1.82, 2.24) is 14.7 Å². The van der Waals surface area contributed by atoms with Crippen molar-refractivity contribution in [3.05, 3.63) is 11.3 Å². The molecule has 2 rings (SSSR count). The van der Waals surface area contributed by atoms with Crippen molar-refractivity contribution in [1.29, 1.82) is 0 Å². The van der Waals surface area contributed by atoms with Crippen molar-refractivity contribution in [3.8, 4) is 0 Å². The van der Waals surface area contributed by atoms with E-state index in [0.29, 0.717) is 18.7 Å². The van der Waals surface area contributed by atoms with Gasteiger partial charge in [-0.3, -0.25) is 4.90 Å². The minimum atomic E-state index is -0.398. The molecule has 0 aromatic carbocycles. The Balaban J connectivity index is 2.44. The molecule has 0 saturated heterocycles. The van der Waals surface area contributed by atoms with Crippen LogP contribution in [0.15, 0.2) is 0 Å². The maximum atomic E-state index is 12.6. The highest BCUT2D eigenvalue weighted by molar-refractivity contribution is 5.76. The third-order valence-corrected chi connectivity index (χ3v) is 5.76. The van der Waals surface area contributed by atoms with E-state index >= 15 is 0 Å². The van der Waals surface area contributed by atoms with Crippen LogP contribution in [0.4, 0.5) is 10.6 Å². The molecule has 2 unspecified atom stereocenters. The van der Waals surface area contributed by atoms with Gasteiger partial charge in [0.1, 0.15) is 5.82 Å². The van der Waals surface area contributed by atoms with Gasteiger partial charge in [-0.25, -0.2) is 4.79 Å². The molecule has 2 heterocycles. The van der Waals surface area contributed by atoms with Crippen LogP contribution >= 0.6 is 0 Å². The summed E-state index contributed by atoms with van der Waals surface area (Å²) in [6, 6.07) is 0.801. The van der Waals surface area contributed by atoms with Gasteiger partial charge in [-0.2, -0.15) is 5.10 Å². The summed E-state index contributed by atoms with van der Waals surface area (Å²) in [6.45, 7) is 16.3. The fourth-order valence-electron chi connectivity index (χ4n) is 4.26. The van der Waals surface area contributed by atoms with Gasteiger partial charge in [0.2, 0.25) is 0 Å². The molecule has 1 N–H and O–H groups in total. The summed E-state index contributed by atoms with van der Waals surface area (Å²) in [5.41, 5.74) is 1.93. The molecule has 0 bridgehead atoms. The topological polar surface area (TPSA) is 59.4 Å². The molecular formula is C21H38N4O2. The first-order chi connectivity index (χ1) is 12.8. The molecule has 1 aliphatic rings. The fraction of sp³-hybridized carbons (Fsp3) is 0.810. The molecule has 6 heteroatoms. The lowest BCUT2D eigenvalue weighted by molar-refractivity contribution is 0.0793. The second-order valence-corrected chi connectivity index (χ2v) is 8.15. The molecule has 0 fully saturated rings. The fourth-order valence-corrected chi connectivity index (χ4v) is 4.26. The molecule has 0 saturated carbocycles. The quantitative estimate of drug-likeness (QED) is 0.646. The van der Waals surface area contributed by atoms with Crippen LogP contribution in [-0.2, 0) is 16.8 Å². The number of carbonyl (C=O) groups excluding carboxylic acids is 1. The van der Waals surface area contributed by atoms with Gasteiger partial charge in [0.05, 0.1) is 17.8 Å². The normalized spacial score (nSPS) is 18.2. The summed E-state index contributed by atoms with van der Waals surface area (Å²) in [5, 5.41) is 8.36. The second-order valence-electron chi connectivity index (χ2n) is 8.15. The smallest absolute Gasteiger partial charge is 0.436 e. The molecule has 0 radical (unpaired) electrons. The van der Waals surface area contributed by atoms with Crippen LogP contribution in [0.1, 0.15) is 91.8 Å². The standard InChI is InChI=1S/C21H38N4O2/c1-8-12-15(5)24-14-17-18(21(24,6)7)23-25(20(26)27-11-4)19(17)22-16(10-3)13-9-2/h15-16,22H,8-14H2,1-7H3. The first-order valence-electron chi connectivity index (χ1n) is 10.6. The van der Waals surface area contributed by atoms with E-state index < -0.39 is 6.09 Å². The van der Waals surface area contributed by atoms with Crippen LogP contribution in [0, 0.1) is 0 Å². The zero-order valence-corrected chi connectivity index (χ0v) is 18.3.